The summed E-state index contributed by atoms with van der Waals surface area (Å²) >= 11 is 5.84. The molecular formula is C11H16ClN3. The van der Waals surface area contributed by atoms with Crippen LogP contribution in [0.5, 0.6) is 0 Å². The van der Waals surface area contributed by atoms with Crippen LogP contribution in [-0.4, -0.2) is 11.0 Å². The number of halogens is 1. The van der Waals surface area contributed by atoms with Crippen LogP contribution >= 0.6 is 11.6 Å². The van der Waals surface area contributed by atoms with E-state index in [9.17, 15) is 0 Å². The average molecular weight is 226 g/mol. The lowest BCUT2D eigenvalue weighted by Gasteiger charge is -2.23. The fraction of sp³-hybridized carbons (Fsp3) is 0.545. The van der Waals surface area contributed by atoms with Gasteiger partial charge < -0.3 is 11.1 Å². The van der Waals surface area contributed by atoms with Crippen LogP contribution in [0.25, 0.3) is 0 Å². The van der Waals surface area contributed by atoms with Gasteiger partial charge >= 0.3 is 0 Å². The normalized spacial score (nSPS) is 17.7. The van der Waals surface area contributed by atoms with Crippen molar-refractivity contribution in [1.29, 1.82) is 0 Å². The first-order valence-electron chi connectivity index (χ1n) is 5.43. The highest BCUT2D eigenvalue weighted by Crippen LogP contribution is 2.22. The summed E-state index contributed by atoms with van der Waals surface area (Å²) in [7, 11) is 0. The Labute approximate surface area is 95.0 Å². The molecule has 0 aliphatic heterocycles. The Morgan fingerprint density at radius 3 is 2.67 bits per heavy atom. The van der Waals surface area contributed by atoms with Gasteiger partial charge in [-0.05, 0) is 18.9 Å². The van der Waals surface area contributed by atoms with Crippen LogP contribution in [0, 0.1) is 0 Å². The lowest BCUT2D eigenvalue weighted by molar-refractivity contribution is 0.462. The number of hydrogen-bond acceptors (Lipinski definition) is 3. The third kappa shape index (κ3) is 2.99. The van der Waals surface area contributed by atoms with Crippen molar-refractivity contribution in [1.82, 2.24) is 4.98 Å². The molecular weight excluding hydrogens is 210 g/mol. The van der Waals surface area contributed by atoms with Gasteiger partial charge in [-0.15, -0.1) is 0 Å². The topological polar surface area (TPSA) is 50.9 Å². The Morgan fingerprint density at radius 2 is 2.00 bits per heavy atom. The summed E-state index contributed by atoms with van der Waals surface area (Å²) in [6, 6.07) is 4.03. The van der Waals surface area contributed by atoms with Gasteiger partial charge in [0, 0.05) is 17.8 Å². The highest BCUT2D eigenvalue weighted by Gasteiger charge is 2.13. The second-order valence-corrected chi connectivity index (χ2v) is 4.47. The number of nitrogens with two attached hydrogens (primary N) is 1. The molecule has 1 aliphatic rings. The van der Waals surface area contributed by atoms with Gasteiger partial charge in [-0.1, -0.05) is 30.9 Å². The molecule has 0 atom stereocenters. The highest BCUT2D eigenvalue weighted by molar-refractivity contribution is 6.29. The number of nitrogens with zero attached hydrogens (tertiary/aromatic N) is 1. The van der Waals surface area contributed by atoms with Crippen molar-refractivity contribution in [3.05, 3.63) is 17.3 Å². The molecule has 0 unspecified atom stereocenters. The summed E-state index contributed by atoms with van der Waals surface area (Å²) in [6.45, 7) is 0. The van der Waals surface area contributed by atoms with Crippen molar-refractivity contribution in [3.63, 3.8) is 0 Å². The summed E-state index contributed by atoms with van der Waals surface area (Å²) in [5.74, 6) is 0.798. The largest absolute Gasteiger partial charge is 0.399 e. The fourth-order valence-electron chi connectivity index (χ4n) is 2.05. The van der Waals surface area contributed by atoms with Crippen molar-refractivity contribution in [2.75, 3.05) is 11.1 Å². The Bertz CT molecular complexity index is 314. The van der Waals surface area contributed by atoms with Crippen molar-refractivity contribution in [2.45, 2.75) is 38.1 Å². The number of aromatic nitrogens is 1. The quantitative estimate of drug-likeness (QED) is 0.761. The van der Waals surface area contributed by atoms with Crippen LogP contribution in [0.4, 0.5) is 11.5 Å². The molecule has 1 fully saturated rings. The molecule has 15 heavy (non-hydrogen) atoms. The minimum atomic E-state index is 0.452. The van der Waals surface area contributed by atoms with Gasteiger partial charge in [-0.3, -0.25) is 0 Å². The van der Waals surface area contributed by atoms with E-state index in [-0.39, 0.29) is 0 Å². The third-order valence-corrected chi connectivity index (χ3v) is 2.97. The van der Waals surface area contributed by atoms with Gasteiger partial charge in [0.05, 0.1) is 0 Å². The van der Waals surface area contributed by atoms with Crippen molar-refractivity contribution in [3.8, 4) is 0 Å². The van der Waals surface area contributed by atoms with E-state index in [0.29, 0.717) is 16.9 Å². The number of rotatable bonds is 2. The maximum Gasteiger partial charge on any atom is 0.133 e. The maximum atomic E-state index is 5.84. The SMILES string of the molecule is Nc1cc(Cl)nc(NC2CCCCC2)c1. The molecule has 3 N–H and O–H groups in total. The first kappa shape index (κ1) is 10.6. The van der Waals surface area contributed by atoms with Gasteiger partial charge in [-0.2, -0.15) is 0 Å². The molecule has 0 bridgehead atoms. The number of hydrogen-bond donors (Lipinski definition) is 2. The summed E-state index contributed by atoms with van der Waals surface area (Å²) in [5, 5.41) is 3.84. The van der Waals surface area contributed by atoms with E-state index in [1.54, 1.807) is 6.07 Å². The molecule has 0 saturated heterocycles. The van der Waals surface area contributed by atoms with Crippen molar-refractivity contribution < 1.29 is 0 Å². The molecule has 1 saturated carbocycles. The average Bonchev–Trinajstić information content (AvgIpc) is 2.17. The molecule has 4 heteroatoms. The van der Waals surface area contributed by atoms with Crippen molar-refractivity contribution in [2.24, 2.45) is 0 Å². The van der Waals surface area contributed by atoms with Gasteiger partial charge in [0.2, 0.25) is 0 Å². The lowest BCUT2D eigenvalue weighted by Crippen LogP contribution is -2.22. The zero-order valence-electron chi connectivity index (χ0n) is 8.67. The lowest BCUT2D eigenvalue weighted by atomic mass is 9.95. The van der Waals surface area contributed by atoms with Crippen molar-refractivity contribution >= 4 is 23.1 Å². The fourth-order valence-corrected chi connectivity index (χ4v) is 2.26. The number of nitrogens with one attached hydrogen (secondary N) is 1. The Kier molecular flexibility index (Phi) is 3.31. The van der Waals surface area contributed by atoms with E-state index in [1.807, 2.05) is 6.07 Å². The van der Waals surface area contributed by atoms with E-state index in [1.165, 1.54) is 32.1 Å². The highest BCUT2D eigenvalue weighted by atomic mass is 35.5. The predicted molar refractivity (Wildman–Crippen MR) is 64.2 cm³/mol. The number of anilines is 2. The van der Waals surface area contributed by atoms with E-state index in [4.69, 9.17) is 17.3 Å². The molecule has 1 aromatic rings. The molecule has 3 nitrogen and oxygen atoms in total. The molecule has 1 aliphatic carbocycles. The molecule has 0 amide bonds. The minimum Gasteiger partial charge on any atom is -0.399 e. The molecule has 82 valence electrons. The van der Waals surface area contributed by atoms with Gasteiger partial charge in [0.15, 0.2) is 0 Å². The van der Waals surface area contributed by atoms with E-state index >= 15 is 0 Å². The third-order valence-electron chi connectivity index (χ3n) is 2.77. The summed E-state index contributed by atoms with van der Waals surface area (Å²) < 4.78 is 0. The smallest absolute Gasteiger partial charge is 0.133 e. The Morgan fingerprint density at radius 1 is 1.27 bits per heavy atom. The summed E-state index contributed by atoms with van der Waals surface area (Å²) in [6.07, 6.45) is 6.38. The Balaban J connectivity index is 2.02. The molecule has 0 radical (unpaired) electrons. The van der Waals surface area contributed by atoms with E-state index in [0.717, 1.165) is 5.82 Å². The number of pyridine rings is 1. The monoisotopic (exact) mass is 225 g/mol. The van der Waals surface area contributed by atoms with Crippen LogP contribution in [-0.2, 0) is 0 Å². The molecule has 0 spiro atoms. The zero-order chi connectivity index (χ0) is 10.7. The predicted octanol–water partition coefficient (Wildman–Crippen LogP) is 3.06. The van der Waals surface area contributed by atoms with E-state index in [2.05, 4.69) is 10.3 Å². The van der Waals surface area contributed by atoms with Crippen LogP contribution in [0.1, 0.15) is 32.1 Å². The molecule has 2 rings (SSSR count). The van der Waals surface area contributed by atoms with E-state index < -0.39 is 0 Å². The summed E-state index contributed by atoms with van der Waals surface area (Å²) in [4.78, 5) is 4.20. The first-order valence-corrected chi connectivity index (χ1v) is 5.81. The van der Waals surface area contributed by atoms with Gasteiger partial charge in [0.1, 0.15) is 11.0 Å². The standard InChI is InChI=1S/C11H16ClN3/c12-10-6-8(13)7-11(15-10)14-9-4-2-1-3-5-9/h6-7,9H,1-5H2,(H3,13,14,15). The summed E-state index contributed by atoms with van der Waals surface area (Å²) in [5.41, 5.74) is 6.36. The second-order valence-electron chi connectivity index (χ2n) is 4.09. The molecule has 1 heterocycles. The number of nitrogen functional groups attached to an aromatic ring is 1. The van der Waals surface area contributed by atoms with Crippen LogP contribution in [0.3, 0.4) is 0 Å². The van der Waals surface area contributed by atoms with Crippen LogP contribution < -0.4 is 11.1 Å². The Hall–Kier alpha value is -0.960. The van der Waals surface area contributed by atoms with Gasteiger partial charge in [-0.25, -0.2) is 4.98 Å². The first-order chi connectivity index (χ1) is 7.24. The molecule has 0 aromatic carbocycles. The minimum absolute atomic E-state index is 0.452. The zero-order valence-corrected chi connectivity index (χ0v) is 9.43. The maximum absolute atomic E-state index is 5.84. The van der Waals surface area contributed by atoms with Crippen LogP contribution in [0.2, 0.25) is 5.15 Å². The second kappa shape index (κ2) is 4.71. The van der Waals surface area contributed by atoms with Gasteiger partial charge in [0.25, 0.3) is 0 Å². The molecule has 1 aromatic heterocycles. The van der Waals surface area contributed by atoms with Crippen LogP contribution in [0.15, 0.2) is 12.1 Å².